The third-order valence-electron chi connectivity index (χ3n) is 4.96. The van der Waals surface area contributed by atoms with E-state index in [9.17, 15) is 15.3 Å². The van der Waals surface area contributed by atoms with E-state index in [1.165, 1.54) is 33.5 Å². The van der Waals surface area contributed by atoms with Crippen LogP contribution in [0.25, 0.3) is 11.1 Å². The van der Waals surface area contributed by atoms with Gasteiger partial charge >= 0.3 is 0 Å². The highest BCUT2D eigenvalue weighted by molar-refractivity contribution is 5.71. The number of hydrogen-bond donors (Lipinski definition) is 4. The number of aromatic hydroxyl groups is 1. The lowest BCUT2D eigenvalue weighted by Gasteiger charge is -2.21. The van der Waals surface area contributed by atoms with Crippen LogP contribution in [0.1, 0.15) is 11.7 Å². The van der Waals surface area contributed by atoms with Crippen molar-refractivity contribution < 1.29 is 39.4 Å². The fourth-order valence-corrected chi connectivity index (χ4v) is 3.22. The number of aliphatic hydroxyl groups excluding tert-OH is 3. The molecule has 0 saturated heterocycles. The van der Waals surface area contributed by atoms with Crippen LogP contribution in [0.2, 0.25) is 0 Å². The van der Waals surface area contributed by atoms with E-state index in [1.54, 1.807) is 12.1 Å². The summed E-state index contributed by atoms with van der Waals surface area (Å²) in [6.07, 6.45) is -2.75. The first-order valence-electron chi connectivity index (χ1n) is 9.80. The van der Waals surface area contributed by atoms with Crippen LogP contribution in [-0.2, 0) is 0 Å². The van der Waals surface area contributed by atoms with Crippen LogP contribution < -0.4 is 18.9 Å². The second kappa shape index (κ2) is 10.2. The molecule has 8 heteroatoms. The predicted molar refractivity (Wildman–Crippen MR) is 118 cm³/mol. The number of methoxy groups -OCH3 is 3. The molecule has 2 unspecified atom stereocenters. The Balaban J connectivity index is 2.09. The van der Waals surface area contributed by atoms with Gasteiger partial charge in [0.25, 0.3) is 0 Å². The smallest absolute Gasteiger partial charge is 0.211 e. The molecule has 0 aliphatic rings. The van der Waals surface area contributed by atoms with Gasteiger partial charge in [-0.15, -0.1) is 0 Å². The standard InChI is InChI=1S/C24H26O8/c1-29-18-9-15(14-7-5-4-6-8-14)10-19(23(18)28)32-24-20(30-2)11-16(12-21(24)31-3)22(27)17(26)13-25/h4-12,17,22,25-28H,13H2,1-3H3. The van der Waals surface area contributed by atoms with Crippen molar-refractivity contribution in [2.45, 2.75) is 12.2 Å². The fraction of sp³-hybridized carbons (Fsp3) is 0.250. The van der Waals surface area contributed by atoms with Crippen molar-refractivity contribution in [2.24, 2.45) is 0 Å². The number of ether oxygens (including phenoxy) is 4. The summed E-state index contributed by atoms with van der Waals surface area (Å²) < 4.78 is 22.1. The molecule has 2 atom stereocenters. The van der Waals surface area contributed by atoms with Gasteiger partial charge in [0.15, 0.2) is 23.0 Å². The highest BCUT2D eigenvalue weighted by Gasteiger charge is 2.24. The Hall–Kier alpha value is -3.46. The number of benzene rings is 3. The van der Waals surface area contributed by atoms with Gasteiger partial charge < -0.3 is 39.4 Å². The summed E-state index contributed by atoms with van der Waals surface area (Å²) in [5.41, 5.74) is 1.91. The number of hydrogen-bond acceptors (Lipinski definition) is 8. The molecule has 0 fully saturated rings. The zero-order chi connectivity index (χ0) is 23.3. The van der Waals surface area contributed by atoms with Crippen molar-refractivity contribution in [1.29, 1.82) is 0 Å². The van der Waals surface area contributed by atoms with Gasteiger partial charge in [-0.3, -0.25) is 0 Å². The quantitative estimate of drug-likeness (QED) is 0.399. The maximum Gasteiger partial charge on any atom is 0.211 e. The molecule has 3 aromatic rings. The largest absolute Gasteiger partial charge is 0.502 e. The molecule has 0 heterocycles. The number of aliphatic hydroxyl groups is 3. The number of phenolic OH excluding ortho intramolecular Hbond substituents is 1. The lowest BCUT2D eigenvalue weighted by Crippen LogP contribution is -2.22. The van der Waals surface area contributed by atoms with Gasteiger partial charge in [0, 0.05) is 0 Å². The fourth-order valence-electron chi connectivity index (χ4n) is 3.22. The first-order chi connectivity index (χ1) is 15.4. The second-order valence-electron chi connectivity index (χ2n) is 6.94. The summed E-state index contributed by atoms with van der Waals surface area (Å²) >= 11 is 0. The predicted octanol–water partition coefficient (Wildman–Crippen LogP) is 3.26. The monoisotopic (exact) mass is 442 g/mol. The second-order valence-corrected chi connectivity index (χ2v) is 6.94. The van der Waals surface area contributed by atoms with Gasteiger partial charge in [0.2, 0.25) is 11.5 Å². The average Bonchev–Trinajstić information content (AvgIpc) is 2.84. The number of phenols is 1. The van der Waals surface area contributed by atoms with E-state index in [1.807, 2.05) is 30.3 Å². The summed E-state index contributed by atoms with van der Waals surface area (Å²) in [7, 11) is 4.25. The molecule has 32 heavy (non-hydrogen) atoms. The molecule has 0 spiro atoms. The van der Waals surface area contributed by atoms with Crippen LogP contribution in [-0.4, -0.2) is 54.5 Å². The molecule has 0 aromatic heterocycles. The maximum atomic E-state index is 10.7. The summed E-state index contributed by atoms with van der Waals surface area (Å²) in [4.78, 5) is 0. The molecule has 0 bridgehead atoms. The summed E-state index contributed by atoms with van der Waals surface area (Å²) in [6.45, 7) is -0.621. The minimum Gasteiger partial charge on any atom is -0.502 e. The molecule has 3 rings (SSSR count). The van der Waals surface area contributed by atoms with Gasteiger partial charge in [-0.05, 0) is 41.0 Å². The molecular weight excluding hydrogens is 416 g/mol. The van der Waals surface area contributed by atoms with Crippen molar-refractivity contribution in [3.63, 3.8) is 0 Å². The summed E-state index contributed by atoms with van der Waals surface area (Å²) in [6, 6.07) is 15.8. The van der Waals surface area contributed by atoms with Crippen LogP contribution in [0.15, 0.2) is 54.6 Å². The molecule has 0 amide bonds. The van der Waals surface area contributed by atoms with Crippen LogP contribution in [0.4, 0.5) is 0 Å². The van der Waals surface area contributed by atoms with Gasteiger partial charge in [-0.1, -0.05) is 30.3 Å². The Morgan fingerprint density at radius 2 is 1.31 bits per heavy atom. The molecule has 0 radical (unpaired) electrons. The average molecular weight is 442 g/mol. The summed E-state index contributed by atoms with van der Waals surface area (Å²) in [5.74, 6) is 0.628. The van der Waals surface area contributed by atoms with E-state index >= 15 is 0 Å². The Bertz CT molecular complexity index is 1030. The van der Waals surface area contributed by atoms with Crippen LogP contribution in [0, 0.1) is 0 Å². The highest BCUT2D eigenvalue weighted by atomic mass is 16.5. The highest BCUT2D eigenvalue weighted by Crippen LogP contribution is 2.48. The Kier molecular flexibility index (Phi) is 7.42. The topological polar surface area (TPSA) is 118 Å². The molecule has 3 aromatic carbocycles. The van der Waals surface area contributed by atoms with Crippen molar-refractivity contribution in [1.82, 2.24) is 0 Å². The van der Waals surface area contributed by atoms with Crippen molar-refractivity contribution >= 4 is 0 Å². The molecule has 0 aliphatic carbocycles. The van der Waals surface area contributed by atoms with E-state index in [2.05, 4.69) is 0 Å². The zero-order valence-electron chi connectivity index (χ0n) is 18.0. The van der Waals surface area contributed by atoms with Crippen LogP contribution in [0.5, 0.6) is 34.5 Å². The van der Waals surface area contributed by atoms with Crippen LogP contribution >= 0.6 is 0 Å². The van der Waals surface area contributed by atoms with Gasteiger partial charge in [-0.25, -0.2) is 0 Å². The van der Waals surface area contributed by atoms with E-state index in [4.69, 9.17) is 24.1 Å². The van der Waals surface area contributed by atoms with Gasteiger partial charge in [-0.2, -0.15) is 0 Å². The lowest BCUT2D eigenvalue weighted by atomic mass is 10.0. The third kappa shape index (κ3) is 4.72. The van der Waals surface area contributed by atoms with Gasteiger partial charge in [0.1, 0.15) is 12.2 Å². The zero-order valence-corrected chi connectivity index (χ0v) is 18.0. The Morgan fingerprint density at radius 1 is 0.750 bits per heavy atom. The van der Waals surface area contributed by atoms with Crippen LogP contribution in [0.3, 0.4) is 0 Å². The molecule has 4 N–H and O–H groups in total. The van der Waals surface area contributed by atoms with Gasteiger partial charge in [0.05, 0.1) is 27.9 Å². The molecule has 8 nitrogen and oxygen atoms in total. The molecule has 170 valence electrons. The first kappa shape index (κ1) is 23.2. The minimum absolute atomic E-state index is 0.100. The molecule has 0 saturated carbocycles. The first-order valence-corrected chi connectivity index (χ1v) is 9.80. The normalized spacial score (nSPS) is 12.7. The molecular formula is C24H26O8. The van der Waals surface area contributed by atoms with Crippen molar-refractivity contribution in [3.05, 3.63) is 60.2 Å². The lowest BCUT2D eigenvalue weighted by molar-refractivity contribution is -0.0154. The van der Waals surface area contributed by atoms with E-state index < -0.39 is 18.8 Å². The minimum atomic E-state index is -1.38. The van der Waals surface area contributed by atoms with E-state index in [0.29, 0.717) is 0 Å². The van der Waals surface area contributed by atoms with Crippen molar-refractivity contribution in [2.75, 3.05) is 27.9 Å². The SMILES string of the molecule is COc1cc(-c2ccccc2)cc(Oc2c(OC)cc(C(O)C(O)CO)cc2OC)c1O. The number of rotatable bonds is 9. The Labute approximate surface area is 185 Å². The molecule has 0 aliphatic heterocycles. The maximum absolute atomic E-state index is 10.7. The van der Waals surface area contributed by atoms with E-state index in [0.717, 1.165) is 11.1 Å². The summed E-state index contributed by atoms with van der Waals surface area (Å²) in [5, 5.41) is 39.8. The van der Waals surface area contributed by atoms with E-state index in [-0.39, 0.29) is 40.1 Å². The Morgan fingerprint density at radius 3 is 1.84 bits per heavy atom. The third-order valence-corrected chi connectivity index (χ3v) is 4.96. The van der Waals surface area contributed by atoms with Crippen molar-refractivity contribution in [3.8, 4) is 45.6 Å².